The Morgan fingerprint density at radius 3 is 2.55 bits per heavy atom. The highest BCUT2D eigenvalue weighted by Crippen LogP contribution is 2.35. The zero-order valence-corrected chi connectivity index (χ0v) is 18.6. The number of nitrogens with zero attached hydrogens (tertiary/aromatic N) is 2. The van der Waals surface area contributed by atoms with Gasteiger partial charge in [0.1, 0.15) is 11.6 Å². The molecule has 2 aromatic carbocycles. The molecule has 0 aliphatic carbocycles. The van der Waals surface area contributed by atoms with Gasteiger partial charge in [0.15, 0.2) is 18.1 Å². The van der Waals surface area contributed by atoms with E-state index in [2.05, 4.69) is 37.2 Å². The van der Waals surface area contributed by atoms with Gasteiger partial charge in [-0.2, -0.15) is 5.26 Å². The van der Waals surface area contributed by atoms with Crippen molar-refractivity contribution in [2.45, 2.75) is 0 Å². The third-order valence-corrected chi connectivity index (χ3v) is 5.14. The lowest BCUT2D eigenvalue weighted by molar-refractivity contribution is -0.385. The second-order valence-corrected chi connectivity index (χ2v) is 7.66. The Balaban J connectivity index is 1.64. The molecule has 0 atom stereocenters. The molecule has 1 N–H and O–H groups in total. The summed E-state index contributed by atoms with van der Waals surface area (Å²) in [5.41, 5.74) is 0.240. The molecule has 12 heteroatoms. The normalized spacial score (nSPS) is 12.1. The van der Waals surface area contributed by atoms with Crippen molar-refractivity contribution in [3.8, 4) is 17.6 Å². The molecular formula is C19H11Br2N3O7. The minimum atomic E-state index is -0.989. The van der Waals surface area contributed by atoms with Gasteiger partial charge in [0, 0.05) is 21.1 Å². The van der Waals surface area contributed by atoms with Gasteiger partial charge in [-0.1, -0.05) is 6.07 Å². The number of carbonyl (C=O) groups excluding carboxylic acids is 2. The minimum Gasteiger partial charge on any atom is -0.454 e. The fourth-order valence-electron chi connectivity index (χ4n) is 2.48. The number of nitrogens with one attached hydrogen (secondary N) is 1. The van der Waals surface area contributed by atoms with E-state index in [1.54, 1.807) is 24.3 Å². The standard InChI is InChI=1S/C19H11Br2N3O7/c20-13-5-12(24(27)28)6-14(21)18(13)23-17(25)8-29-19(26)11(7-22)3-10-1-2-15-16(4-10)31-9-30-15/h1-6H,8-9H2,(H,23,25). The molecule has 31 heavy (non-hydrogen) atoms. The summed E-state index contributed by atoms with van der Waals surface area (Å²) in [5.74, 6) is -0.655. The monoisotopic (exact) mass is 551 g/mol. The molecule has 0 saturated carbocycles. The number of hydrogen-bond donors (Lipinski definition) is 1. The van der Waals surface area contributed by atoms with Crippen molar-refractivity contribution in [2.24, 2.45) is 0 Å². The van der Waals surface area contributed by atoms with E-state index in [4.69, 9.17) is 14.2 Å². The largest absolute Gasteiger partial charge is 0.454 e. The number of amides is 1. The number of carbonyl (C=O) groups is 2. The second kappa shape index (κ2) is 9.59. The zero-order valence-electron chi connectivity index (χ0n) is 15.4. The van der Waals surface area contributed by atoms with E-state index in [0.29, 0.717) is 17.1 Å². The van der Waals surface area contributed by atoms with Crippen molar-refractivity contribution in [2.75, 3.05) is 18.7 Å². The molecule has 0 bridgehead atoms. The van der Waals surface area contributed by atoms with Crippen LogP contribution in [-0.4, -0.2) is 30.2 Å². The molecule has 0 unspecified atom stereocenters. The summed E-state index contributed by atoms with van der Waals surface area (Å²) in [6, 6.07) is 9.04. The number of halogens is 2. The van der Waals surface area contributed by atoms with E-state index < -0.39 is 23.4 Å². The molecule has 3 rings (SSSR count). The fourth-order valence-corrected chi connectivity index (χ4v) is 3.84. The van der Waals surface area contributed by atoms with Gasteiger partial charge in [-0.15, -0.1) is 0 Å². The van der Waals surface area contributed by atoms with Crippen LogP contribution in [-0.2, 0) is 14.3 Å². The first-order chi connectivity index (χ1) is 14.8. The number of anilines is 1. The number of rotatable bonds is 6. The van der Waals surface area contributed by atoms with Gasteiger partial charge in [0.05, 0.1) is 10.6 Å². The van der Waals surface area contributed by atoms with Crippen molar-refractivity contribution < 1.29 is 28.7 Å². The maximum Gasteiger partial charge on any atom is 0.349 e. The van der Waals surface area contributed by atoms with Crippen LogP contribution >= 0.6 is 31.9 Å². The minimum absolute atomic E-state index is 0.0890. The van der Waals surface area contributed by atoms with Gasteiger partial charge < -0.3 is 19.5 Å². The quantitative estimate of drug-likeness (QED) is 0.187. The number of ether oxygens (including phenoxy) is 3. The topological polar surface area (TPSA) is 141 Å². The second-order valence-electron chi connectivity index (χ2n) is 5.95. The van der Waals surface area contributed by atoms with Crippen LogP contribution in [0.1, 0.15) is 5.56 Å². The Morgan fingerprint density at radius 2 is 1.90 bits per heavy atom. The van der Waals surface area contributed by atoms with E-state index in [0.717, 1.165) is 0 Å². The van der Waals surface area contributed by atoms with Crippen molar-refractivity contribution >= 4 is 61.2 Å². The Kier molecular flexibility index (Phi) is 6.88. The molecule has 2 aromatic rings. The number of nitro groups is 1. The highest BCUT2D eigenvalue weighted by Gasteiger charge is 2.19. The first-order valence-electron chi connectivity index (χ1n) is 8.40. The maximum absolute atomic E-state index is 12.2. The van der Waals surface area contributed by atoms with Gasteiger partial charge in [-0.05, 0) is 55.6 Å². The molecule has 1 amide bonds. The Hall–Kier alpha value is -3.43. The molecule has 1 aliphatic rings. The lowest BCUT2D eigenvalue weighted by Gasteiger charge is -2.10. The highest BCUT2D eigenvalue weighted by atomic mass is 79.9. The third-order valence-electron chi connectivity index (χ3n) is 3.88. The van der Waals surface area contributed by atoms with Crippen LogP contribution in [0.25, 0.3) is 6.08 Å². The van der Waals surface area contributed by atoms with Gasteiger partial charge >= 0.3 is 5.97 Å². The molecule has 0 spiro atoms. The van der Waals surface area contributed by atoms with E-state index in [9.17, 15) is 25.0 Å². The molecule has 0 radical (unpaired) electrons. The molecule has 0 fully saturated rings. The molecule has 1 heterocycles. The summed E-state index contributed by atoms with van der Waals surface area (Å²) >= 11 is 6.28. The molecule has 158 valence electrons. The Labute approximate surface area is 191 Å². The van der Waals surface area contributed by atoms with Crippen LogP contribution in [0.2, 0.25) is 0 Å². The number of non-ortho nitro benzene ring substituents is 1. The van der Waals surface area contributed by atoms with Crippen LogP contribution in [0, 0.1) is 21.4 Å². The number of nitriles is 1. The average molecular weight is 553 g/mol. The predicted octanol–water partition coefficient (Wildman–Crippen LogP) is 3.94. The first kappa shape index (κ1) is 22.3. The van der Waals surface area contributed by atoms with Gasteiger partial charge in [0.2, 0.25) is 6.79 Å². The van der Waals surface area contributed by atoms with Gasteiger partial charge in [-0.25, -0.2) is 4.79 Å². The van der Waals surface area contributed by atoms with Gasteiger partial charge in [-0.3, -0.25) is 14.9 Å². The average Bonchev–Trinajstić information content (AvgIpc) is 3.20. The van der Waals surface area contributed by atoms with Crippen LogP contribution in [0.3, 0.4) is 0 Å². The van der Waals surface area contributed by atoms with Crippen molar-refractivity contribution in [1.82, 2.24) is 0 Å². The lowest BCUT2D eigenvalue weighted by Crippen LogP contribution is -2.21. The summed E-state index contributed by atoms with van der Waals surface area (Å²) in [4.78, 5) is 34.6. The van der Waals surface area contributed by atoms with Crippen LogP contribution < -0.4 is 14.8 Å². The van der Waals surface area contributed by atoms with Gasteiger partial charge in [0.25, 0.3) is 11.6 Å². The predicted molar refractivity (Wildman–Crippen MR) is 114 cm³/mol. The Morgan fingerprint density at radius 1 is 1.23 bits per heavy atom. The van der Waals surface area contributed by atoms with Crippen LogP contribution in [0.4, 0.5) is 11.4 Å². The molecule has 1 aliphatic heterocycles. The summed E-state index contributed by atoms with van der Waals surface area (Å²) in [7, 11) is 0. The highest BCUT2D eigenvalue weighted by molar-refractivity contribution is 9.11. The van der Waals surface area contributed by atoms with Crippen LogP contribution in [0.5, 0.6) is 11.5 Å². The van der Waals surface area contributed by atoms with E-state index >= 15 is 0 Å². The van der Waals surface area contributed by atoms with E-state index in [1.807, 2.05) is 0 Å². The third kappa shape index (κ3) is 5.39. The molecule has 10 nitrogen and oxygen atoms in total. The number of benzene rings is 2. The van der Waals surface area contributed by atoms with Crippen LogP contribution in [0.15, 0.2) is 44.9 Å². The summed E-state index contributed by atoms with van der Waals surface area (Å²) in [6.45, 7) is -0.583. The maximum atomic E-state index is 12.2. The number of fused-ring (bicyclic) bond motifs is 1. The number of esters is 1. The van der Waals surface area contributed by atoms with E-state index in [1.165, 1.54) is 18.2 Å². The molecular weight excluding hydrogens is 542 g/mol. The summed E-state index contributed by atoms with van der Waals surface area (Å²) < 4.78 is 15.9. The molecule has 0 aromatic heterocycles. The lowest BCUT2D eigenvalue weighted by atomic mass is 10.1. The Bertz CT molecular complexity index is 1130. The fraction of sp³-hybridized carbons (Fsp3) is 0.105. The first-order valence-corrected chi connectivity index (χ1v) is 9.99. The summed E-state index contributed by atoms with van der Waals surface area (Å²) in [6.07, 6.45) is 1.30. The number of nitro benzene ring substituents is 1. The SMILES string of the molecule is N#CC(=Cc1ccc2c(c1)OCO2)C(=O)OCC(=O)Nc1c(Br)cc([N+](=O)[O-])cc1Br. The van der Waals surface area contributed by atoms with E-state index in [-0.39, 0.29) is 32.7 Å². The van der Waals surface area contributed by atoms with Crippen molar-refractivity contribution in [3.63, 3.8) is 0 Å². The van der Waals surface area contributed by atoms with Crippen molar-refractivity contribution in [1.29, 1.82) is 5.26 Å². The van der Waals surface area contributed by atoms with Crippen molar-refractivity contribution in [3.05, 3.63) is 60.5 Å². The summed E-state index contributed by atoms with van der Waals surface area (Å²) in [5, 5.41) is 22.6. The number of hydrogen-bond acceptors (Lipinski definition) is 8. The zero-order chi connectivity index (χ0) is 22.5. The molecule has 0 saturated heterocycles. The smallest absolute Gasteiger partial charge is 0.349 e.